The van der Waals surface area contributed by atoms with Crippen molar-refractivity contribution < 1.29 is 9.59 Å². The predicted molar refractivity (Wildman–Crippen MR) is 70.9 cm³/mol. The van der Waals surface area contributed by atoms with Crippen LogP contribution in [0.5, 0.6) is 0 Å². The summed E-state index contributed by atoms with van der Waals surface area (Å²) in [6, 6.07) is 14.4. The molecule has 0 heterocycles. The number of carbonyl (C=O) groups excluding carboxylic acids is 2. The molecule has 0 amide bonds. The van der Waals surface area contributed by atoms with Crippen molar-refractivity contribution in [3.8, 4) is 11.1 Å². The first-order chi connectivity index (χ1) is 7.79. The first kappa shape index (κ1) is 11.7. The molecule has 0 saturated carbocycles. The van der Waals surface area contributed by atoms with E-state index in [2.05, 4.69) is 0 Å². The number of halogens is 1. The molecular formula is C14H9BrO2. The maximum absolute atomic E-state index is 11.8. The van der Waals surface area contributed by atoms with Crippen LogP contribution in [0.1, 0.15) is 20.7 Å². The molecule has 0 aliphatic heterocycles. The number of hydrogen-bond acceptors (Lipinski definition) is 2. The molecule has 0 aromatic heterocycles. The minimum Gasteiger partial charge on any atom is -0.285 e. The van der Waals surface area contributed by atoms with Crippen molar-refractivity contribution >= 4 is 28.5 Å². The van der Waals surface area contributed by atoms with E-state index in [1.54, 1.807) is 24.3 Å². The molecule has 0 radical (unpaired) electrons. The zero-order valence-electron chi connectivity index (χ0n) is 8.84. The van der Waals surface area contributed by atoms with Crippen LogP contribution in [0.3, 0.4) is 0 Å². The Hall–Kier alpha value is -1.74. The molecule has 2 aromatic rings. The summed E-state index contributed by atoms with van der Waals surface area (Å²) in [4.78, 5) is 23.7. The summed E-state index contributed by atoms with van der Waals surface area (Å²) in [6.45, 7) is 0. The van der Waals surface area contributed by atoms with E-state index in [4.69, 9.17) is 0 Å². The van der Waals surface area contributed by atoms with Crippen LogP contribution < -0.4 is 0 Å². The molecule has 0 unspecified atom stereocenters. The first-order valence-corrected chi connectivity index (χ1v) is 5.06. The minimum atomic E-state index is -0.408. The number of hydrogen-bond donors (Lipinski definition) is 0. The van der Waals surface area contributed by atoms with Crippen molar-refractivity contribution in [2.75, 3.05) is 0 Å². The van der Waals surface area contributed by atoms with Gasteiger partial charge in [0.2, 0.25) is 11.6 Å². The van der Waals surface area contributed by atoms with Gasteiger partial charge in [0.25, 0.3) is 0 Å². The Labute approximate surface area is 109 Å². The third-order valence-electron chi connectivity index (χ3n) is 2.84. The Bertz CT molecular complexity index is 562. The molecule has 0 saturated heterocycles. The van der Waals surface area contributed by atoms with Crippen molar-refractivity contribution in [1.82, 2.24) is 0 Å². The molecule has 0 bridgehead atoms. The Balaban J connectivity index is 0.00000108. The lowest BCUT2D eigenvalue weighted by Gasteiger charge is -2.16. The van der Waals surface area contributed by atoms with Gasteiger partial charge in [-0.15, -0.1) is 17.0 Å². The van der Waals surface area contributed by atoms with Gasteiger partial charge in [0, 0.05) is 11.1 Å². The molecule has 0 N–H and O–H groups in total. The fourth-order valence-electron chi connectivity index (χ4n) is 2.08. The molecular weight excluding hydrogens is 280 g/mol. The number of Topliss-reactive ketones (excluding diaryl/α,β-unsaturated/α-hetero) is 2. The largest absolute Gasteiger partial charge is 0.285 e. The summed E-state index contributed by atoms with van der Waals surface area (Å²) in [5, 5.41) is 0. The summed E-state index contributed by atoms with van der Waals surface area (Å²) < 4.78 is 0. The highest BCUT2D eigenvalue weighted by atomic mass is 79.9. The van der Waals surface area contributed by atoms with Gasteiger partial charge in [-0.2, -0.15) is 0 Å². The highest BCUT2D eigenvalue weighted by Crippen LogP contribution is 2.32. The van der Waals surface area contributed by atoms with Gasteiger partial charge in [-0.3, -0.25) is 9.59 Å². The van der Waals surface area contributed by atoms with Gasteiger partial charge < -0.3 is 0 Å². The third-order valence-corrected chi connectivity index (χ3v) is 2.84. The summed E-state index contributed by atoms with van der Waals surface area (Å²) in [7, 11) is 0. The van der Waals surface area contributed by atoms with Crippen LogP contribution in [0.25, 0.3) is 11.1 Å². The minimum absolute atomic E-state index is 0. The lowest BCUT2D eigenvalue weighted by atomic mass is 9.84. The van der Waals surface area contributed by atoms with Crippen molar-refractivity contribution in [3.05, 3.63) is 59.7 Å². The van der Waals surface area contributed by atoms with Gasteiger partial charge in [-0.25, -0.2) is 0 Å². The first-order valence-electron chi connectivity index (χ1n) is 5.06. The molecule has 0 fully saturated rings. The second-order valence-electron chi connectivity index (χ2n) is 3.75. The fraction of sp³-hybridized carbons (Fsp3) is 0. The highest BCUT2D eigenvalue weighted by Gasteiger charge is 2.29. The van der Waals surface area contributed by atoms with Gasteiger partial charge in [0.1, 0.15) is 0 Å². The van der Waals surface area contributed by atoms with Gasteiger partial charge in [-0.1, -0.05) is 48.5 Å². The number of fused-ring (bicyclic) bond motifs is 3. The average molecular weight is 289 g/mol. The average Bonchev–Trinajstić information content (AvgIpc) is 2.36. The van der Waals surface area contributed by atoms with Crippen LogP contribution in [0.4, 0.5) is 0 Å². The van der Waals surface area contributed by atoms with Crippen LogP contribution in [0.2, 0.25) is 0 Å². The summed E-state index contributed by atoms with van der Waals surface area (Å²) in [5.41, 5.74) is 2.71. The van der Waals surface area contributed by atoms with Crippen molar-refractivity contribution in [3.63, 3.8) is 0 Å². The molecule has 2 aromatic carbocycles. The lowest BCUT2D eigenvalue weighted by Crippen LogP contribution is -2.20. The van der Waals surface area contributed by atoms with E-state index < -0.39 is 11.6 Å². The molecule has 0 spiro atoms. The fourth-order valence-corrected chi connectivity index (χ4v) is 2.08. The quantitative estimate of drug-likeness (QED) is 0.697. The second-order valence-corrected chi connectivity index (χ2v) is 3.75. The Morgan fingerprint density at radius 3 is 1.18 bits per heavy atom. The highest BCUT2D eigenvalue weighted by molar-refractivity contribution is 8.93. The normalized spacial score (nSPS) is 12.5. The molecule has 1 aliphatic carbocycles. The van der Waals surface area contributed by atoms with Crippen LogP contribution in [-0.2, 0) is 0 Å². The maximum Gasteiger partial charge on any atom is 0.234 e. The van der Waals surface area contributed by atoms with E-state index >= 15 is 0 Å². The zero-order chi connectivity index (χ0) is 11.1. The summed E-state index contributed by atoms with van der Waals surface area (Å²) >= 11 is 0. The van der Waals surface area contributed by atoms with Crippen LogP contribution in [0.15, 0.2) is 48.5 Å². The smallest absolute Gasteiger partial charge is 0.234 e. The van der Waals surface area contributed by atoms with E-state index in [0.29, 0.717) is 11.1 Å². The van der Waals surface area contributed by atoms with Crippen LogP contribution in [-0.4, -0.2) is 11.6 Å². The van der Waals surface area contributed by atoms with Gasteiger partial charge in [0.05, 0.1) is 0 Å². The second kappa shape index (κ2) is 4.26. The number of benzene rings is 2. The Morgan fingerprint density at radius 1 is 0.529 bits per heavy atom. The zero-order valence-corrected chi connectivity index (χ0v) is 10.6. The molecule has 17 heavy (non-hydrogen) atoms. The monoisotopic (exact) mass is 288 g/mol. The molecule has 1 aliphatic rings. The van der Waals surface area contributed by atoms with E-state index in [1.807, 2.05) is 24.3 Å². The maximum atomic E-state index is 11.8. The molecule has 0 atom stereocenters. The van der Waals surface area contributed by atoms with Crippen molar-refractivity contribution in [2.24, 2.45) is 0 Å². The summed E-state index contributed by atoms with van der Waals surface area (Å²) in [6.07, 6.45) is 0. The van der Waals surface area contributed by atoms with Crippen molar-refractivity contribution in [2.45, 2.75) is 0 Å². The Kier molecular flexibility index (Phi) is 2.94. The van der Waals surface area contributed by atoms with Crippen molar-refractivity contribution in [1.29, 1.82) is 0 Å². The van der Waals surface area contributed by atoms with E-state index in [9.17, 15) is 9.59 Å². The van der Waals surface area contributed by atoms with E-state index in [0.717, 1.165) is 11.1 Å². The van der Waals surface area contributed by atoms with E-state index in [-0.39, 0.29) is 17.0 Å². The molecule has 3 rings (SSSR count). The van der Waals surface area contributed by atoms with Gasteiger partial charge in [-0.05, 0) is 11.1 Å². The lowest BCUT2D eigenvalue weighted by molar-refractivity contribution is 0.0815. The Morgan fingerprint density at radius 2 is 0.824 bits per heavy atom. The van der Waals surface area contributed by atoms with Gasteiger partial charge >= 0.3 is 0 Å². The number of carbonyl (C=O) groups is 2. The number of rotatable bonds is 0. The van der Waals surface area contributed by atoms with E-state index in [1.165, 1.54) is 0 Å². The van der Waals surface area contributed by atoms with Gasteiger partial charge in [0.15, 0.2) is 0 Å². The topological polar surface area (TPSA) is 34.1 Å². The van der Waals surface area contributed by atoms with Crippen LogP contribution >= 0.6 is 17.0 Å². The standard InChI is InChI=1S/C14H8O2.BrH/c15-13-11-7-3-1-5-9(11)10-6-2-4-8-12(10)14(13)16;/h1-8H;1H. The molecule has 2 nitrogen and oxygen atoms in total. The van der Waals surface area contributed by atoms with Crippen LogP contribution in [0, 0.1) is 0 Å². The summed E-state index contributed by atoms with van der Waals surface area (Å²) in [5.74, 6) is -0.816. The molecule has 3 heteroatoms. The third kappa shape index (κ3) is 1.63. The molecule has 84 valence electrons. The number of ketones is 2. The predicted octanol–water partition coefficient (Wildman–Crippen LogP) is 3.31. The SMILES string of the molecule is Br.O=C1C(=O)c2ccccc2-c2ccccc21.